The lowest BCUT2D eigenvalue weighted by Gasteiger charge is -2.04. The summed E-state index contributed by atoms with van der Waals surface area (Å²) in [5.74, 6) is 0.646. The molecule has 178 valence electrons. The third-order valence-corrected chi connectivity index (χ3v) is 6.31. The summed E-state index contributed by atoms with van der Waals surface area (Å²) >= 11 is 0. The van der Waals surface area contributed by atoms with Crippen LogP contribution < -0.4 is 9.47 Å². The average molecular weight is 479 g/mol. The molecule has 3 aromatic carbocycles. The number of nitrogens with zero attached hydrogens (tertiary/aromatic N) is 2. The van der Waals surface area contributed by atoms with E-state index in [0.29, 0.717) is 16.9 Å². The molecular formula is C29H22N2O5. The van der Waals surface area contributed by atoms with E-state index in [1.807, 2.05) is 55.6 Å². The Bertz CT molecular complexity index is 1550. The number of ketones is 1. The Kier molecular flexibility index (Phi) is 5.18. The number of allylic oxidation sites excluding steroid dienone is 1. The number of ether oxygens (including phenoxy) is 3. The number of hydrogen-bond donors (Lipinski definition) is 0. The summed E-state index contributed by atoms with van der Waals surface area (Å²) in [4.78, 5) is 25.1. The van der Waals surface area contributed by atoms with Crippen LogP contribution in [0.5, 0.6) is 11.5 Å². The van der Waals surface area contributed by atoms with Gasteiger partial charge in [-0.1, -0.05) is 18.2 Å². The molecule has 0 amide bonds. The van der Waals surface area contributed by atoms with E-state index in [1.54, 1.807) is 22.9 Å². The van der Waals surface area contributed by atoms with E-state index >= 15 is 0 Å². The molecule has 7 nitrogen and oxygen atoms in total. The van der Waals surface area contributed by atoms with Gasteiger partial charge in [0, 0.05) is 23.7 Å². The van der Waals surface area contributed by atoms with Crippen LogP contribution in [0, 0.1) is 0 Å². The summed E-state index contributed by atoms with van der Waals surface area (Å²) in [5, 5.41) is 4.86. The molecular weight excluding hydrogens is 456 g/mol. The predicted octanol–water partition coefficient (Wildman–Crippen LogP) is 5.27. The van der Waals surface area contributed by atoms with Crippen molar-refractivity contribution in [3.63, 3.8) is 0 Å². The highest BCUT2D eigenvalue weighted by Gasteiger charge is 2.29. The van der Waals surface area contributed by atoms with E-state index in [1.165, 1.54) is 13.2 Å². The molecule has 2 aliphatic rings. The Labute approximate surface area is 207 Å². The quantitative estimate of drug-likeness (QED) is 0.294. The maximum Gasteiger partial charge on any atom is 0.337 e. The SMILES string of the molecule is COC(=O)c1ccc2c(c1)C(=O)/C(=C/c1cn(-c3ccccc3)nc1-c1ccc3c(c1)C[C@@H](C)O3)O2. The second-order valence-corrected chi connectivity index (χ2v) is 8.81. The van der Waals surface area contributed by atoms with Crippen LogP contribution in [0.25, 0.3) is 23.0 Å². The van der Waals surface area contributed by atoms with Crippen molar-refractivity contribution in [3.05, 3.63) is 101 Å². The maximum atomic E-state index is 13.2. The molecule has 0 radical (unpaired) electrons. The lowest BCUT2D eigenvalue weighted by Crippen LogP contribution is -2.05. The van der Waals surface area contributed by atoms with Gasteiger partial charge < -0.3 is 14.2 Å². The minimum absolute atomic E-state index is 0.136. The first-order chi connectivity index (χ1) is 17.5. The first-order valence-corrected chi connectivity index (χ1v) is 11.6. The largest absolute Gasteiger partial charge is 0.490 e. The zero-order chi connectivity index (χ0) is 24.8. The van der Waals surface area contributed by atoms with Crippen molar-refractivity contribution in [3.8, 4) is 28.4 Å². The van der Waals surface area contributed by atoms with Crippen LogP contribution in [0.1, 0.15) is 38.8 Å². The zero-order valence-electron chi connectivity index (χ0n) is 19.7. The Morgan fingerprint density at radius 1 is 1.08 bits per heavy atom. The van der Waals surface area contributed by atoms with Crippen molar-refractivity contribution in [2.45, 2.75) is 19.4 Å². The Morgan fingerprint density at radius 3 is 2.69 bits per heavy atom. The number of fused-ring (bicyclic) bond motifs is 2. The van der Waals surface area contributed by atoms with E-state index in [9.17, 15) is 9.59 Å². The number of carbonyl (C=O) groups is 2. The Morgan fingerprint density at radius 2 is 1.89 bits per heavy atom. The highest BCUT2D eigenvalue weighted by molar-refractivity contribution is 6.15. The van der Waals surface area contributed by atoms with E-state index in [4.69, 9.17) is 19.3 Å². The molecule has 6 rings (SSSR count). The second kappa shape index (κ2) is 8.53. The van der Waals surface area contributed by atoms with E-state index in [-0.39, 0.29) is 17.6 Å². The van der Waals surface area contributed by atoms with E-state index in [0.717, 1.165) is 40.2 Å². The van der Waals surface area contributed by atoms with Gasteiger partial charge in [0.15, 0.2) is 5.76 Å². The molecule has 0 saturated carbocycles. The van der Waals surface area contributed by atoms with Crippen molar-refractivity contribution in [1.82, 2.24) is 9.78 Å². The predicted molar refractivity (Wildman–Crippen MR) is 134 cm³/mol. The van der Waals surface area contributed by atoms with Gasteiger partial charge in [-0.2, -0.15) is 5.10 Å². The van der Waals surface area contributed by atoms with Crippen LogP contribution >= 0.6 is 0 Å². The number of Topliss-reactive ketones (excluding diaryl/α,β-unsaturated/α-hetero) is 1. The van der Waals surface area contributed by atoms with Gasteiger partial charge in [-0.05, 0) is 67.1 Å². The minimum atomic E-state index is -0.510. The Balaban J connectivity index is 1.43. The summed E-state index contributed by atoms with van der Waals surface area (Å²) in [6.07, 6.45) is 4.55. The normalized spacial score (nSPS) is 16.9. The molecule has 0 N–H and O–H groups in total. The monoisotopic (exact) mass is 478 g/mol. The van der Waals surface area contributed by atoms with Crippen LogP contribution in [0.4, 0.5) is 0 Å². The van der Waals surface area contributed by atoms with Crippen LogP contribution in [-0.4, -0.2) is 34.7 Å². The van der Waals surface area contributed by atoms with Gasteiger partial charge in [0.05, 0.1) is 23.9 Å². The number of methoxy groups -OCH3 is 1. The summed E-state index contributed by atoms with van der Waals surface area (Å²) < 4.78 is 18.3. The summed E-state index contributed by atoms with van der Waals surface area (Å²) in [7, 11) is 1.30. The molecule has 0 saturated heterocycles. The molecule has 1 aromatic heterocycles. The first-order valence-electron chi connectivity index (χ1n) is 11.6. The molecule has 4 aromatic rings. The second-order valence-electron chi connectivity index (χ2n) is 8.81. The van der Waals surface area contributed by atoms with E-state index in [2.05, 4.69) is 6.07 Å². The van der Waals surface area contributed by atoms with Crippen molar-refractivity contribution >= 4 is 17.8 Å². The number of para-hydroxylation sites is 1. The fourth-order valence-corrected chi connectivity index (χ4v) is 4.57. The summed E-state index contributed by atoms with van der Waals surface area (Å²) in [6.45, 7) is 2.05. The van der Waals surface area contributed by atoms with Crippen LogP contribution in [0.15, 0.2) is 78.7 Å². The van der Waals surface area contributed by atoms with Gasteiger partial charge in [-0.25, -0.2) is 9.48 Å². The van der Waals surface area contributed by atoms with Crippen LogP contribution in [-0.2, 0) is 11.2 Å². The topological polar surface area (TPSA) is 79.7 Å². The molecule has 0 spiro atoms. The Hall–Kier alpha value is -4.65. The molecule has 0 bridgehead atoms. The highest BCUT2D eigenvalue weighted by atomic mass is 16.5. The molecule has 3 heterocycles. The molecule has 1 atom stereocenters. The van der Waals surface area contributed by atoms with Gasteiger partial charge >= 0.3 is 5.97 Å². The van der Waals surface area contributed by atoms with Gasteiger partial charge in [0.1, 0.15) is 23.3 Å². The highest BCUT2D eigenvalue weighted by Crippen LogP contribution is 2.36. The van der Waals surface area contributed by atoms with Crippen molar-refractivity contribution in [2.24, 2.45) is 0 Å². The van der Waals surface area contributed by atoms with Crippen molar-refractivity contribution in [1.29, 1.82) is 0 Å². The number of rotatable bonds is 4. The number of hydrogen-bond acceptors (Lipinski definition) is 6. The van der Waals surface area contributed by atoms with Gasteiger partial charge in [-0.15, -0.1) is 0 Å². The maximum absolute atomic E-state index is 13.2. The standard InChI is InChI=1S/C29H22N2O5/c1-17-12-20-13-18(8-10-24(20)35-17)27-21(16-31(30-27)22-6-4-3-5-7-22)15-26-28(32)23-14-19(29(33)34-2)9-11-25(23)36-26/h3-11,13-17H,12H2,1-2H3/b26-15-/t17-/m1/s1. The zero-order valence-corrected chi connectivity index (χ0v) is 19.7. The van der Waals surface area contributed by atoms with Crippen molar-refractivity contribution < 1.29 is 23.8 Å². The number of carbonyl (C=O) groups excluding carboxylic acids is 2. The molecule has 36 heavy (non-hydrogen) atoms. The lowest BCUT2D eigenvalue weighted by molar-refractivity contribution is 0.0600. The van der Waals surface area contributed by atoms with Gasteiger partial charge in [-0.3, -0.25) is 4.79 Å². The fraction of sp³-hybridized carbons (Fsp3) is 0.138. The number of esters is 1. The first kappa shape index (κ1) is 21.9. The number of benzene rings is 3. The van der Waals surface area contributed by atoms with Gasteiger partial charge in [0.25, 0.3) is 0 Å². The van der Waals surface area contributed by atoms with Crippen LogP contribution in [0.2, 0.25) is 0 Å². The fourth-order valence-electron chi connectivity index (χ4n) is 4.57. The third kappa shape index (κ3) is 3.75. The van der Waals surface area contributed by atoms with Crippen LogP contribution in [0.3, 0.4) is 0 Å². The lowest BCUT2D eigenvalue weighted by atomic mass is 10.0. The number of aromatic nitrogens is 2. The average Bonchev–Trinajstić information content (AvgIpc) is 3.58. The van der Waals surface area contributed by atoms with E-state index < -0.39 is 5.97 Å². The van der Waals surface area contributed by atoms with Gasteiger partial charge in [0.2, 0.25) is 5.78 Å². The molecule has 0 fully saturated rings. The summed E-state index contributed by atoms with van der Waals surface area (Å²) in [5.41, 5.74) is 5.01. The minimum Gasteiger partial charge on any atom is -0.490 e. The molecule has 2 aliphatic heterocycles. The van der Waals surface area contributed by atoms with Crippen molar-refractivity contribution in [2.75, 3.05) is 7.11 Å². The smallest absolute Gasteiger partial charge is 0.337 e. The molecule has 0 unspecified atom stereocenters. The third-order valence-electron chi connectivity index (χ3n) is 6.31. The molecule has 7 heteroatoms. The summed E-state index contributed by atoms with van der Waals surface area (Å²) in [6, 6.07) is 20.5. The molecule has 0 aliphatic carbocycles.